The van der Waals surface area contributed by atoms with E-state index in [1.807, 2.05) is 42.5 Å². The summed E-state index contributed by atoms with van der Waals surface area (Å²) in [5, 5.41) is 3.16. The summed E-state index contributed by atoms with van der Waals surface area (Å²) in [6, 6.07) is 16.5. The van der Waals surface area contributed by atoms with E-state index in [-0.39, 0.29) is 23.4 Å². The molecule has 142 valence electrons. The molecule has 0 radical (unpaired) electrons. The number of aromatic amines is 1. The summed E-state index contributed by atoms with van der Waals surface area (Å²) in [5.41, 5.74) is 1.99. The first-order valence-corrected chi connectivity index (χ1v) is 9.56. The van der Waals surface area contributed by atoms with Crippen molar-refractivity contribution in [3.63, 3.8) is 0 Å². The SMILES string of the molecule is O=C(N[C@H](Cc1cc(=O)[nH]c(-c2ccccn2)n1)c1ccccc1)C1CCC1. The number of amides is 1. The van der Waals surface area contributed by atoms with E-state index in [4.69, 9.17) is 0 Å². The smallest absolute Gasteiger partial charge is 0.251 e. The number of hydrogen-bond acceptors (Lipinski definition) is 4. The second-order valence-electron chi connectivity index (χ2n) is 7.10. The number of carbonyl (C=O) groups excluding carboxylic acids is 1. The van der Waals surface area contributed by atoms with Crippen LogP contribution in [0.4, 0.5) is 0 Å². The molecular weight excluding hydrogens is 352 g/mol. The van der Waals surface area contributed by atoms with Gasteiger partial charge in [0, 0.05) is 24.6 Å². The average molecular weight is 374 g/mol. The standard InChI is InChI=1S/C22H22N4O2/c27-20-14-17(24-21(26-20)18-11-4-5-12-23-18)13-19(15-7-2-1-3-8-15)25-22(28)16-9-6-10-16/h1-5,7-8,11-12,14,16,19H,6,9-10,13H2,(H,25,28)(H,24,26,27)/t19-/m1/s1. The number of hydrogen-bond donors (Lipinski definition) is 2. The quantitative estimate of drug-likeness (QED) is 0.694. The van der Waals surface area contributed by atoms with Crippen LogP contribution in [-0.2, 0) is 11.2 Å². The molecule has 1 aliphatic rings. The Balaban J connectivity index is 1.62. The van der Waals surface area contributed by atoms with Crippen molar-refractivity contribution >= 4 is 5.91 Å². The zero-order valence-corrected chi connectivity index (χ0v) is 15.5. The molecule has 0 spiro atoms. The second-order valence-corrected chi connectivity index (χ2v) is 7.10. The van der Waals surface area contributed by atoms with E-state index in [1.54, 1.807) is 12.3 Å². The molecule has 2 heterocycles. The first-order chi connectivity index (χ1) is 13.7. The van der Waals surface area contributed by atoms with E-state index in [1.165, 1.54) is 6.07 Å². The monoisotopic (exact) mass is 374 g/mol. The summed E-state index contributed by atoms with van der Waals surface area (Å²) in [7, 11) is 0. The van der Waals surface area contributed by atoms with Crippen molar-refractivity contribution in [3.05, 3.63) is 82.4 Å². The van der Waals surface area contributed by atoms with Gasteiger partial charge in [-0.2, -0.15) is 0 Å². The van der Waals surface area contributed by atoms with Crippen LogP contribution in [0.15, 0.2) is 65.6 Å². The molecule has 0 aliphatic heterocycles. The Morgan fingerprint density at radius 1 is 1.14 bits per heavy atom. The number of benzene rings is 1. The van der Waals surface area contributed by atoms with E-state index in [0.717, 1.165) is 24.8 Å². The van der Waals surface area contributed by atoms with E-state index in [9.17, 15) is 9.59 Å². The van der Waals surface area contributed by atoms with Gasteiger partial charge >= 0.3 is 0 Å². The topological polar surface area (TPSA) is 87.7 Å². The van der Waals surface area contributed by atoms with Gasteiger partial charge in [-0.05, 0) is 30.5 Å². The minimum Gasteiger partial charge on any atom is -0.349 e. The molecule has 2 aromatic heterocycles. The number of nitrogens with zero attached hydrogens (tertiary/aromatic N) is 2. The lowest BCUT2D eigenvalue weighted by Gasteiger charge is -2.27. The molecule has 4 rings (SSSR count). The molecule has 2 N–H and O–H groups in total. The van der Waals surface area contributed by atoms with Crippen LogP contribution in [0.25, 0.3) is 11.5 Å². The predicted octanol–water partition coefficient (Wildman–Crippen LogP) is 3.03. The van der Waals surface area contributed by atoms with Crippen molar-refractivity contribution in [2.45, 2.75) is 31.7 Å². The van der Waals surface area contributed by atoms with Crippen LogP contribution < -0.4 is 10.9 Å². The molecule has 1 saturated carbocycles. The number of carbonyl (C=O) groups is 1. The normalized spacial score (nSPS) is 14.9. The Hall–Kier alpha value is -3.28. The minimum absolute atomic E-state index is 0.0786. The number of rotatable bonds is 6. The average Bonchev–Trinajstić information content (AvgIpc) is 2.67. The van der Waals surface area contributed by atoms with Gasteiger partial charge in [-0.15, -0.1) is 0 Å². The maximum atomic E-state index is 12.5. The zero-order chi connectivity index (χ0) is 19.3. The van der Waals surface area contributed by atoms with Crippen LogP contribution in [0.3, 0.4) is 0 Å². The van der Waals surface area contributed by atoms with Gasteiger partial charge < -0.3 is 10.3 Å². The molecule has 28 heavy (non-hydrogen) atoms. The third-order valence-corrected chi connectivity index (χ3v) is 5.11. The molecule has 0 saturated heterocycles. The van der Waals surface area contributed by atoms with E-state index in [2.05, 4.69) is 20.3 Å². The van der Waals surface area contributed by atoms with Crippen LogP contribution in [0.5, 0.6) is 0 Å². The number of H-pyrrole nitrogens is 1. The van der Waals surface area contributed by atoms with Crippen molar-refractivity contribution < 1.29 is 4.79 Å². The highest BCUT2D eigenvalue weighted by Gasteiger charge is 2.27. The summed E-state index contributed by atoms with van der Waals surface area (Å²) in [6.07, 6.45) is 5.10. The van der Waals surface area contributed by atoms with Crippen molar-refractivity contribution in [2.75, 3.05) is 0 Å². The molecule has 0 bridgehead atoms. The molecule has 3 aromatic rings. The van der Waals surface area contributed by atoms with Crippen molar-refractivity contribution in [2.24, 2.45) is 5.92 Å². The summed E-state index contributed by atoms with van der Waals surface area (Å²) in [4.78, 5) is 36.3. The highest BCUT2D eigenvalue weighted by molar-refractivity contribution is 5.79. The molecule has 6 heteroatoms. The highest BCUT2D eigenvalue weighted by atomic mass is 16.2. The Bertz CT molecular complexity index is 998. The summed E-state index contributed by atoms with van der Waals surface area (Å²) in [5.74, 6) is 0.609. The fourth-order valence-electron chi connectivity index (χ4n) is 3.34. The first kappa shape index (κ1) is 18.1. The van der Waals surface area contributed by atoms with Crippen LogP contribution in [0, 0.1) is 5.92 Å². The fraction of sp³-hybridized carbons (Fsp3) is 0.273. The van der Waals surface area contributed by atoms with E-state index < -0.39 is 0 Å². The molecule has 1 amide bonds. The largest absolute Gasteiger partial charge is 0.349 e. The Kier molecular flexibility index (Phi) is 5.28. The van der Waals surface area contributed by atoms with Gasteiger partial charge in [0.2, 0.25) is 5.91 Å². The van der Waals surface area contributed by atoms with E-state index in [0.29, 0.717) is 23.6 Å². The van der Waals surface area contributed by atoms with Crippen molar-refractivity contribution in [1.29, 1.82) is 0 Å². The first-order valence-electron chi connectivity index (χ1n) is 9.56. The van der Waals surface area contributed by atoms with Gasteiger partial charge in [0.1, 0.15) is 5.69 Å². The highest BCUT2D eigenvalue weighted by Crippen LogP contribution is 2.28. The van der Waals surface area contributed by atoms with Crippen molar-refractivity contribution in [3.8, 4) is 11.5 Å². The van der Waals surface area contributed by atoms with Crippen molar-refractivity contribution in [1.82, 2.24) is 20.3 Å². The van der Waals surface area contributed by atoms with Gasteiger partial charge in [0.05, 0.1) is 11.7 Å². The molecular formula is C22H22N4O2. The molecule has 0 unspecified atom stereocenters. The van der Waals surface area contributed by atoms with Gasteiger partial charge in [0.25, 0.3) is 5.56 Å². The number of aromatic nitrogens is 3. The maximum absolute atomic E-state index is 12.5. The second kappa shape index (κ2) is 8.17. The summed E-state index contributed by atoms with van der Waals surface area (Å²) >= 11 is 0. The Labute approximate surface area is 163 Å². The maximum Gasteiger partial charge on any atom is 0.251 e. The van der Waals surface area contributed by atoms with E-state index >= 15 is 0 Å². The van der Waals surface area contributed by atoms with Crippen LogP contribution in [0.2, 0.25) is 0 Å². The zero-order valence-electron chi connectivity index (χ0n) is 15.5. The lowest BCUT2D eigenvalue weighted by molar-refractivity contribution is -0.128. The predicted molar refractivity (Wildman–Crippen MR) is 106 cm³/mol. The number of pyridine rings is 1. The Morgan fingerprint density at radius 3 is 2.61 bits per heavy atom. The van der Waals surface area contributed by atoms with Crippen LogP contribution in [0.1, 0.15) is 36.6 Å². The lowest BCUT2D eigenvalue weighted by Crippen LogP contribution is -2.38. The molecule has 1 aliphatic carbocycles. The molecule has 1 atom stereocenters. The molecule has 1 aromatic carbocycles. The van der Waals surface area contributed by atoms with Crippen LogP contribution >= 0.6 is 0 Å². The molecule has 1 fully saturated rings. The van der Waals surface area contributed by atoms with Crippen LogP contribution in [-0.4, -0.2) is 20.9 Å². The minimum atomic E-state index is -0.236. The summed E-state index contributed by atoms with van der Waals surface area (Å²) < 4.78 is 0. The van der Waals surface area contributed by atoms with Gasteiger partial charge in [-0.1, -0.05) is 42.8 Å². The summed E-state index contributed by atoms with van der Waals surface area (Å²) in [6.45, 7) is 0. The van der Waals surface area contributed by atoms with Gasteiger partial charge in [0.15, 0.2) is 5.82 Å². The van der Waals surface area contributed by atoms with Gasteiger partial charge in [-0.25, -0.2) is 4.98 Å². The Morgan fingerprint density at radius 2 is 1.93 bits per heavy atom. The van der Waals surface area contributed by atoms with Gasteiger partial charge in [-0.3, -0.25) is 14.6 Å². The fourth-order valence-corrected chi connectivity index (χ4v) is 3.34. The third-order valence-electron chi connectivity index (χ3n) is 5.11. The molecule has 6 nitrogen and oxygen atoms in total. The number of nitrogens with one attached hydrogen (secondary N) is 2. The third kappa shape index (κ3) is 4.17. The lowest BCUT2D eigenvalue weighted by atomic mass is 9.84.